The highest BCUT2D eigenvalue weighted by Gasteiger charge is 2.43. The van der Waals surface area contributed by atoms with Crippen LogP contribution in [0.1, 0.15) is 43.7 Å². The number of rotatable bonds is 2. The third-order valence-corrected chi connectivity index (χ3v) is 6.12. The Morgan fingerprint density at radius 3 is 2.72 bits per heavy atom. The molecule has 2 aliphatic rings. The van der Waals surface area contributed by atoms with E-state index in [2.05, 4.69) is 28.9 Å². The first-order chi connectivity index (χ1) is 15.5. The second-order valence-electron chi connectivity index (χ2n) is 9.13. The fourth-order valence-electron chi connectivity index (χ4n) is 4.74. The summed E-state index contributed by atoms with van der Waals surface area (Å²) in [6.45, 7) is 4.20. The molecule has 1 aromatic carbocycles. The van der Waals surface area contributed by atoms with Crippen LogP contribution in [-0.2, 0) is 4.79 Å². The smallest absolute Gasteiger partial charge is 0.228 e. The van der Waals surface area contributed by atoms with Crippen molar-refractivity contribution in [3.63, 3.8) is 0 Å². The lowest BCUT2D eigenvalue weighted by Gasteiger charge is -2.37. The van der Waals surface area contributed by atoms with Gasteiger partial charge in [0.15, 0.2) is 17.3 Å². The Balaban J connectivity index is 1.61. The fraction of sp³-hybridized carbons (Fsp3) is 0.240. The monoisotopic (exact) mass is 423 g/mol. The number of hydrogen-bond acceptors (Lipinski definition) is 6. The molecule has 1 unspecified atom stereocenters. The van der Waals surface area contributed by atoms with Crippen LogP contribution in [0.25, 0.3) is 17.0 Å². The van der Waals surface area contributed by atoms with E-state index in [9.17, 15) is 4.79 Å². The molecule has 4 aromatic rings. The third-order valence-electron chi connectivity index (χ3n) is 6.12. The number of benzene rings is 1. The van der Waals surface area contributed by atoms with Crippen molar-refractivity contribution in [2.24, 2.45) is 5.41 Å². The molecule has 158 valence electrons. The minimum atomic E-state index is -0.305. The Bertz CT molecular complexity index is 1390. The summed E-state index contributed by atoms with van der Waals surface area (Å²) in [5, 5.41) is 4.61. The second-order valence-corrected chi connectivity index (χ2v) is 9.13. The molecule has 7 heteroatoms. The molecule has 7 nitrogen and oxygen atoms in total. The van der Waals surface area contributed by atoms with Crippen molar-refractivity contribution in [2.45, 2.75) is 32.6 Å². The van der Waals surface area contributed by atoms with Crippen LogP contribution >= 0.6 is 0 Å². The molecule has 1 aliphatic carbocycles. The summed E-state index contributed by atoms with van der Waals surface area (Å²) >= 11 is 0. The Kier molecular flexibility index (Phi) is 4.02. The van der Waals surface area contributed by atoms with Gasteiger partial charge in [-0.05, 0) is 23.1 Å². The van der Waals surface area contributed by atoms with Crippen LogP contribution in [0.15, 0.2) is 72.5 Å². The van der Waals surface area contributed by atoms with Crippen molar-refractivity contribution in [1.82, 2.24) is 24.6 Å². The fourth-order valence-corrected chi connectivity index (χ4v) is 4.74. The third kappa shape index (κ3) is 2.92. The molecule has 0 amide bonds. The number of pyridine rings is 1. The zero-order chi connectivity index (χ0) is 21.9. The molecule has 0 spiro atoms. The van der Waals surface area contributed by atoms with Crippen molar-refractivity contribution in [1.29, 1.82) is 0 Å². The lowest BCUT2D eigenvalue weighted by Crippen LogP contribution is -2.33. The molecule has 3 aromatic heterocycles. The molecule has 0 radical (unpaired) electrons. The van der Waals surface area contributed by atoms with Crippen LogP contribution < -0.4 is 4.74 Å². The summed E-state index contributed by atoms with van der Waals surface area (Å²) in [6, 6.07) is 13.8. The van der Waals surface area contributed by atoms with Gasteiger partial charge in [0.25, 0.3) is 0 Å². The summed E-state index contributed by atoms with van der Waals surface area (Å²) in [5.41, 5.74) is 3.79. The maximum Gasteiger partial charge on any atom is 0.228 e. The van der Waals surface area contributed by atoms with E-state index in [4.69, 9.17) is 9.72 Å². The Hall–Kier alpha value is -3.87. The summed E-state index contributed by atoms with van der Waals surface area (Å²) in [7, 11) is 0. The van der Waals surface area contributed by atoms with Crippen molar-refractivity contribution < 1.29 is 9.53 Å². The van der Waals surface area contributed by atoms with E-state index in [-0.39, 0.29) is 17.1 Å². The first kappa shape index (κ1) is 18.9. The van der Waals surface area contributed by atoms with Gasteiger partial charge in [-0.2, -0.15) is 0 Å². The predicted octanol–water partition coefficient (Wildman–Crippen LogP) is 4.35. The summed E-state index contributed by atoms with van der Waals surface area (Å²) < 4.78 is 7.93. The Morgan fingerprint density at radius 2 is 1.94 bits per heavy atom. The van der Waals surface area contributed by atoms with E-state index in [1.54, 1.807) is 23.2 Å². The van der Waals surface area contributed by atoms with Gasteiger partial charge in [0.2, 0.25) is 5.88 Å². The van der Waals surface area contributed by atoms with Crippen LogP contribution in [0.3, 0.4) is 0 Å². The minimum Gasteiger partial charge on any atom is -0.442 e. The molecule has 1 aliphatic heterocycles. The summed E-state index contributed by atoms with van der Waals surface area (Å²) in [6.07, 6.45) is 6.24. The normalized spacial score (nSPS) is 19.4. The van der Waals surface area contributed by atoms with E-state index >= 15 is 0 Å². The van der Waals surface area contributed by atoms with Crippen molar-refractivity contribution in [3.8, 4) is 17.3 Å². The highest BCUT2D eigenvalue weighted by molar-refractivity contribution is 6.00. The average molecular weight is 423 g/mol. The van der Waals surface area contributed by atoms with Gasteiger partial charge in [-0.1, -0.05) is 44.2 Å². The highest BCUT2D eigenvalue weighted by atomic mass is 16.5. The zero-order valence-corrected chi connectivity index (χ0v) is 17.8. The van der Waals surface area contributed by atoms with Gasteiger partial charge in [-0.15, -0.1) is 5.10 Å². The number of ketones is 1. The first-order valence-electron chi connectivity index (χ1n) is 10.6. The molecule has 32 heavy (non-hydrogen) atoms. The lowest BCUT2D eigenvalue weighted by molar-refractivity contribution is -0.118. The van der Waals surface area contributed by atoms with Crippen molar-refractivity contribution in [2.75, 3.05) is 0 Å². The van der Waals surface area contributed by atoms with Gasteiger partial charge in [-0.25, -0.2) is 14.5 Å². The molecule has 0 N–H and O–H groups in total. The number of carbonyl (C=O) groups excluding carboxylic acids is 1. The quantitative estimate of drug-likeness (QED) is 0.477. The Morgan fingerprint density at radius 1 is 1.09 bits per heavy atom. The van der Waals surface area contributed by atoms with E-state index in [0.717, 1.165) is 22.4 Å². The summed E-state index contributed by atoms with van der Waals surface area (Å²) in [4.78, 5) is 27.0. The van der Waals surface area contributed by atoms with Gasteiger partial charge in [0.05, 0.1) is 5.56 Å². The van der Waals surface area contributed by atoms with Crippen LogP contribution in [-0.4, -0.2) is 30.3 Å². The number of hydrogen-bond donors (Lipinski definition) is 0. The van der Waals surface area contributed by atoms with Gasteiger partial charge >= 0.3 is 0 Å². The SMILES string of the molecule is CC1(C)CC(=O)C2=C(C1)Oc1ncn3nc(-c4cccnc4)nc3c1C2c1ccccc1. The van der Waals surface area contributed by atoms with E-state index in [0.29, 0.717) is 35.8 Å². The predicted molar refractivity (Wildman–Crippen MR) is 118 cm³/mol. The van der Waals surface area contributed by atoms with E-state index in [1.165, 1.54) is 0 Å². The number of nitrogens with zero attached hydrogens (tertiary/aromatic N) is 5. The number of allylic oxidation sites excluding steroid dienone is 2. The van der Waals surface area contributed by atoms with Crippen molar-refractivity contribution in [3.05, 3.63) is 83.6 Å². The summed E-state index contributed by atoms with van der Waals surface area (Å²) in [5.74, 6) is 1.57. The number of aromatic nitrogens is 5. The van der Waals surface area contributed by atoms with Crippen molar-refractivity contribution >= 4 is 11.4 Å². The number of carbonyl (C=O) groups is 1. The number of Topliss-reactive ketones (excluding diaryl/α,β-unsaturated/α-hetero) is 1. The maximum absolute atomic E-state index is 13.4. The zero-order valence-electron chi connectivity index (χ0n) is 17.8. The molecule has 0 saturated carbocycles. The van der Waals surface area contributed by atoms with Gasteiger partial charge in [-0.3, -0.25) is 9.78 Å². The lowest BCUT2D eigenvalue weighted by atomic mass is 9.70. The number of fused-ring (bicyclic) bond motifs is 3. The largest absolute Gasteiger partial charge is 0.442 e. The molecule has 0 saturated heterocycles. The van der Waals surface area contributed by atoms with Crippen LogP contribution in [0.5, 0.6) is 5.88 Å². The molecule has 4 heterocycles. The molecular weight excluding hydrogens is 402 g/mol. The standard InChI is InChI=1S/C25H21N5O2/c1-25(2)11-17(31)20-18(12-25)32-24-21(19(20)15-7-4-3-5-8-15)23-28-22(29-30(23)14-27-24)16-9-6-10-26-13-16/h3-10,13-14,19H,11-12H2,1-2H3. The van der Waals surface area contributed by atoms with Gasteiger partial charge < -0.3 is 4.74 Å². The Labute approximate surface area is 184 Å². The van der Waals surface area contributed by atoms with Crippen LogP contribution in [0.4, 0.5) is 0 Å². The first-order valence-corrected chi connectivity index (χ1v) is 10.6. The molecular formula is C25H21N5O2. The minimum absolute atomic E-state index is 0.116. The number of ether oxygens (including phenoxy) is 1. The average Bonchev–Trinajstić information content (AvgIpc) is 3.23. The molecule has 0 fully saturated rings. The molecule has 1 atom stereocenters. The maximum atomic E-state index is 13.4. The van der Waals surface area contributed by atoms with E-state index < -0.39 is 0 Å². The second kappa shape index (κ2) is 6.82. The van der Waals surface area contributed by atoms with Crippen LogP contribution in [0.2, 0.25) is 0 Å². The highest BCUT2D eigenvalue weighted by Crippen LogP contribution is 2.50. The van der Waals surface area contributed by atoms with Gasteiger partial charge in [0.1, 0.15) is 12.1 Å². The molecule has 0 bridgehead atoms. The topological polar surface area (TPSA) is 82.3 Å². The van der Waals surface area contributed by atoms with Crippen LogP contribution in [0, 0.1) is 5.41 Å². The van der Waals surface area contributed by atoms with Gasteiger partial charge in [0, 0.05) is 42.3 Å². The molecule has 6 rings (SSSR count). The van der Waals surface area contributed by atoms with E-state index in [1.807, 2.05) is 42.5 Å².